The molecule has 1 aromatic carbocycles. The van der Waals surface area contributed by atoms with Gasteiger partial charge in [-0.3, -0.25) is 4.79 Å². The van der Waals surface area contributed by atoms with Crippen molar-refractivity contribution in [3.8, 4) is 0 Å². The zero-order valence-corrected chi connectivity index (χ0v) is 9.59. The predicted octanol–water partition coefficient (Wildman–Crippen LogP) is 3.49. The molecule has 0 spiro atoms. The number of benzene rings is 1. The third kappa shape index (κ3) is 1.59. The molecule has 1 unspecified atom stereocenters. The molecule has 1 aliphatic rings. The van der Waals surface area contributed by atoms with Gasteiger partial charge in [0.2, 0.25) is 0 Å². The van der Waals surface area contributed by atoms with Crippen LogP contribution in [0.2, 0.25) is 5.02 Å². The lowest BCUT2D eigenvalue weighted by Gasteiger charge is -2.17. The number of aliphatic carboxylic acids is 1. The molecule has 1 N–H and O–H groups in total. The SMILES string of the molecule is CC(F)c1c(Cl)cccc1C1(C(=O)O)CC1. The van der Waals surface area contributed by atoms with E-state index in [4.69, 9.17) is 11.6 Å². The van der Waals surface area contributed by atoms with Crippen molar-refractivity contribution in [3.05, 3.63) is 34.3 Å². The Labute approximate surface area is 98.0 Å². The number of rotatable bonds is 3. The van der Waals surface area contributed by atoms with E-state index in [1.165, 1.54) is 6.92 Å². The maximum atomic E-state index is 13.5. The van der Waals surface area contributed by atoms with E-state index >= 15 is 0 Å². The molecule has 0 bridgehead atoms. The quantitative estimate of drug-likeness (QED) is 0.881. The maximum absolute atomic E-state index is 13.5. The highest BCUT2D eigenvalue weighted by atomic mass is 35.5. The number of hydrogen-bond donors (Lipinski definition) is 1. The summed E-state index contributed by atoms with van der Waals surface area (Å²) in [4.78, 5) is 11.2. The van der Waals surface area contributed by atoms with Gasteiger partial charge in [-0.15, -0.1) is 0 Å². The Kier molecular flexibility index (Phi) is 2.66. The van der Waals surface area contributed by atoms with Crippen molar-refractivity contribution in [2.45, 2.75) is 31.4 Å². The Morgan fingerprint density at radius 1 is 1.56 bits per heavy atom. The highest BCUT2D eigenvalue weighted by Gasteiger charge is 2.53. The van der Waals surface area contributed by atoms with Crippen LogP contribution in [0, 0.1) is 0 Å². The lowest BCUT2D eigenvalue weighted by molar-refractivity contribution is -0.140. The second-order valence-electron chi connectivity index (χ2n) is 4.20. The van der Waals surface area contributed by atoms with Crippen LogP contribution in [0.1, 0.15) is 37.1 Å². The maximum Gasteiger partial charge on any atom is 0.314 e. The van der Waals surface area contributed by atoms with Gasteiger partial charge in [0.15, 0.2) is 0 Å². The first-order valence-corrected chi connectivity index (χ1v) is 5.53. The minimum Gasteiger partial charge on any atom is -0.481 e. The van der Waals surface area contributed by atoms with Crippen LogP contribution in [0.3, 0.4) is 0 Å². The lowest BCUT2D eigenvalue weighted by Crippen LogP contribution is -2.21. The minimum atomic E-state index is -1.25. The van der Waals surface area contributed by atoms with Gasteiger partial charge in [-0.1, -0.05) is 23.7 Å². The first-order chi connectivity index (χ1) is 7.49. The predicted molar refractivity (Wildman–Crippen MR) is 59.5 cm³/mol. The topological polar surface area (TPSA) is 37.3 Å². The van der Waals surface area contributed by atoms with Gasteiger partial charge in [-0.2, -0.15) is 0 Å². The smallest absolute Gasteiger partial charge is 0.314 e. The normalized spacial score (nSPS) is 19.2. The molecule has 0 radical (unpaired) electrons. The number of hydrogen-bond acceptors (Lipinski definition) is 1. The first kappa shape index (κ1) is 11.4. The Balaban J connectivity index is 2.57. The molecule has 2 rings (SSSR count). The standard InChI is InChI=1S/C12H12ClFO2/c1-7(14)10-8(3-2-4-9(10)13)12(5-6-12)11(15)16/h2-4,7H,5-6H2,1H3,(H,15,16). The molecule has 1 fully saturated rings. The lowest BCUT2D eigenvalue weighted by atomic mass is 9.90. The van der Waals surface area contributed by atoms with Crippen molar-refractivity contribution in [2.75, 3.05) is 0 Å². The summed E-state index contributed by atoms with van der Waals surface area (Å²) in [7, 11) is 0. The van der Waals surface area contributed by atoms with Gasteiger partial charge in [0.25, 0.3) is 0 Å². The summed E-state index contributed by atoms with van der Waals surface area (Å²) < 4.78 is 13.5. The zero-order chi connectivity index (χ0) is 11.9. The van der Waals surface area contributed by atoms with Crippen LogP contribution in [-0.4, -0.2) is 11.1 Å². The van der Waals surface area contributed by atoms with Crippen LogP contribution < -0.4 is 0 Å². The highest BCUT2D eigenvalue weighted by molar-refractivity contribution is 6.31. The van der Waals surface area contributed by atoms with E-state index in [-0.39, 0.29) is 0 Å². The number of carboxylic acid groups (broad SMARTS) is 1. The van der Waals surface area contributed by atoms with Crippen LogP contribution in [0.15, 0.2) is 18.2 Å². The molecule has 1 aromatic rings. The van der Waals surface area contributed by atoms with Gasteiger partial charge in [0, 0.05) is 10.6 Å². The largest absolute Gasteiger partial charge is 0.481 e. The minimum absolute atomic E-state index is 0.306. The van der Waals surface area contributed by atoms with Gasteiger partial charge in [0.1, 0.15) is 6.17 Å². The average molecular weight is 243 g/mol. The molecule has 2 nitrogen and oxygen atoms in total. The van der Waals surface area contributed by atoms with E-state index in [1.807, 2.05) is 0 Å². The van der Waals surface area contributed by atoms with Crippen molar-refractivity contribution >= 4 is 17.6 Å². The molecule has 1 saturated carbocycles. The second-order valence-corrected chi connectivity index (χ2v) is 4.61. The average Bonchev–Trinajstić information content (AvgIpc) is 2.97. The molecule has 0 amide bonds. The molecule has 86 valence electrons. The van der Waals surface area contributed by atoms with Gasteiger partial charge in [-0.25, -0.2) is 4.39 Å². The van der Waals surface area contributed by atoms with E-state index in [0.717, 1.165) is 0 Å². The Hall–Kier alpha value is -1.09. The molecule has 0 heterocycles. The van der Waals surface area contributed by atoms with E-state index in [9.17, 15) is 14.3 Å². The van der Waals surface area contributed by atoms with Crippen molar-refractivity contribution in [3.63, 3.8) is 0 Å². The summed E-state index contributed by atoms with van der Waals surface area (Å²) in [5.74, 6) is -0.892. The van der Waals surface area contributed by atoms with Gasteiger partial charge in [0.05, 0.1) is 5.41 Å². The highest BCUT2D eigenvalue weighted by Crippen LogP contribution is 2.51. The summed E-state index contributed by atoms with van der Waals surface area (Å²) in [5, 5.41) is 9.49. The van der Waals surface area contributed by atoms with Gasteiger partial charge < -0.3 is 5.11 Å². The summed E-state index contributed by atoms with van der Waals surface area (Å²) in [5.41, 5.74) is -0.0489. The molecule has 1 aliphatic carbocycles. The summed E-state index contributed by atoms with van der Waals surface area (Å²) in [6.07, 6.45) is -0.134. The summed E-state index contributed by atoms with van der Waals surface area (Å²) in [6.45, 7) is 1.38. The van der Waals surface area contributed by atoms with E-state index in [2.05, 4.69) is 0 Å². The van der Waals surface area contributed by atoms with Gasteiger partial charge >= 0.3 is 5.97 Å². The Morgan fingerprint density at radius 3 is 2.62 bits per heavy atom. The number of halogens is 2. The van der Waals surface area contributed by atoms with Crippen molar-refractivity contribution in [1.29, 1.82) is 0 Å². The van der Waals surface area contributed by atoms with Crippen LogP contribution in [0.25, 0.3) is 0 Å². The van der Waals surface area contributed by atoms with E-state index < -0.39 is 17.6 Å². The Bertz CT molecular complexity index is 439. The molecule has 1 atom stereocenters. The second kappa shape index (κ2) is 3.74. The van der Waals surface area contributed by atoms with Gasteiger partial charge in [-0.05, 0) is 31.4 Å². The number of carboxylic acids is 1. The molecular weight excluding hydrogens is 231 g/mol. The molecule has 0 aliphatic heterocycles. The summed E-state index contributed by atoms with van der Waals surface area (Å²) >= 11 is 5.93. The van der Waals surface area contributed by atoms with Crippen LogP contribution in [0.4, 0.5) is 4.39 Å². The third-order valence-corrected chi connectivity index (χ3v) is 3.46. The van der Waals surface area contributed by atoms with Crippen molar-refractivity contribution < 1.29 is 14.3 Å². The fourth-order valence-corrected chi connectivity index (χ4v) is 2.41. The molecule has 0 aromatic heterocycles. The molecule has 16 heavy (non-hydrogen) atoms. The fourth-order valence-electron chi connectivity index (χ4n) is 2.08. The molecule has 4 heteroatoms. The van der Waals surface area contributed by atoms with Crippen LogP contribution in [-0.2, 0) is 10.2 Å². The van der Waals surface area contributed by atoms with Crippen LogP contribution >= 0.6 is 11.6 Å². The van der Waals surface area contributed by atoms with Crippen molar-refractivity contribution in [1.82, 2.24) is 0 Å². The number of carbonyl (C=O) groups is 1. The third-order valence-electron chi connectivity index (χ3n) is 3.13. The number of alkyl halides is 1. The monoisotopic (exact) mass is 242 g/mol. The zero-order valence-electron chi connectivity index (χ0n) is 8.84. The van der Waals surface area contributed by atoms with E-state index in [1.54, 1.807) is 18.2 Å². The molecule has 0 saturated heterocycles. The fraction of sp³-hybridized carbons (Fsp3) is 0.417. The van der Waals surface area contributed by atoms with Crippen molar-refractivity contribution in [2.24, 2.45) is 0 Å². The van der Waals surface area contributed by atoms with Crippen LogP contribution in [0.5, 0.6) is 0 Å². The Morgan fingerprint density at radius 2 is 2.19 bits per heavy atom. The summed E-state index contributed by atoms with van der Waals surface area (Å²) in [6, 6.07) is 4.93. The van der Waals surface area contributed by atoms with E-state index in [0.29, 0.717) is 29.0 Å². The molecular formula is C12H12ClFO2. The first-order valence-electron chi connectivity index (χ1n) is 5.15.